The molecule has 45 heavy (non-hydrogen) atoms. The molecule has 0 atom stereocenters. The van der Waals surface area contributed by atoms with Crippen molar-refractivity contribution in [2.24, 2.45) is 14.1 Å². The van der Waals surface area contributed by atoms with Gasteiger partial charge in [0.05, 0.1) is 22.8 Å². The lowest BCUT2D eigenvalue weighted by Crippen LogP contribution is -1.92. The second-order valence-electron chi connectivity index (χ2n) is 12.0. The molecule has 0 fully saturated rings. The number of nitrogens with zero attached hydrogens (tertiary/aromatic N) is 4. The molecule has 7 aromatic carbocycles. The molecule has 0 N–H and O–H groups in total. The van der Waals surface area contributed by atoms with Gasteiger partial charge < -0.3 is 9.13 Å². The van der Waals surface area contributed by atoms with E-state index in [-0.39, 0.29) is 0 Å². The van der Waals surface area contributed by atoms with Crippen LogP contribution >= 0.6 is 11.7 Å². The molecule has 0 bridgehead atoms. The van der Waals surface area contributed by atoms with Gasteiger partial charge in [-0.3, -0.25) is 0 Å². The van der Waals surface area contributed by atoms with Gasteiger partial charge >= 0.3 is 0 Å². The molecule has 3 heterocycles. The third-order valence-electron chi connectivity index (χ3n) is 9.78. The SMILES string of the molecule is Cn1c2ccccc2c2c(-c3ccc(-c4cc5ccccc5c5c4c4ccccc4n5C)c4nsnc34)cc3ccccc3c21. The Morgan fingerprint density at radius 2 is 0.844 bits per heavy atom. The maximum Gasteiger partial charge on any atom is 0.113 e. The number of aryl methyl sites for hydroxylation is 2. The second-order valence-corrected chi connectivity index (χ2v) is 12.5. The summed E-state index contributed by atoms with van der Waals surface area (Å²) >= 11 is 1.30. The highest BCUT2D eigenvalue weighted by molar-refractivity contribution is 7.00. The van der Waals surface area contributed by atoms with Gasteiger partial charge in [-0.2, -0.15) is 8.75 Å². The molecule has 5 heteroatoms. The Hall–Kier alpha value is -5.52. The lowest BCUT2D eigenvalue weighted by atomic mass is 9.90. The molecule has 0 aliphatic carbocycles. The Morgan fingerprint density at radius 3 is 1.31 bits per heavy atom. The van der Waals surface area contributed by atoms with E-state index in [1.54, 1.807) is 0 Å². The average molecular weight is 595 g/mol. The summed E-state index contributed by atoms with van der Waals surface area (Å²) in [7, 11) is 4.36. The smallest absolute Gasteiger partial charge is 0.113 e. The zero-order valence-electron chi connectivity index (χ0n) is 24.7. The number of fused-ring (bicyclic) bond motifs is 11. The summed E-state index contributed by atoms with van der Waals surface area (Å²) in [5.74, 6) is 0. The minimum absolute atomic E-state index is 0.948. The standard InChI is InChI=1S/C40H26N4S/c1-43-33-17-9-7-15-29(33)35-31(21-23-11-3-5-13-25(23)39(35)43)27-19-20-28(38-37(27)41-45-42-38)32-22-24-12-4-6-14-26(24)40-36(32)30-16-8-10-18-34(30)44(40)2/h3-22H,1-2H3. The molecule has 3 aromatic heterocycles. The van der Waals surface area contributed by atoms with E-state index in [0.717, 1.165) is 22.2 Å². The number of rotatable bonds is 2. The molecule has 0 amide bonds. The molecule has 0 radical (unpaired) electrons. The summed E-state index contributed by atoms with van der Waals surface area (Å²) < 4.78 is 14.6. The van der Waals surface area contributed by atoms with Gasteiger partial charge in [0.15, 0.2) is 0 Å². The molecule has 0 unspecified atom stereocenters. The summed E-state index contributed by atoms with van der Waals surface area (Å²) in [6.07, 6.45) is 0. The molecule has 0 aliphatic rings. The van der Waals surface area contributed by atoms with Crippen LogP contribution in [0.1, 0.15) is 0 Å². The topological polar surface area (TPSA) is 35.6 Å². The predicted octanol–water partition coefficient (Wildman–Crippen LogP) is 10.6. The summed E-state index contributed by atoms with van der Waals surface area (Å²) in [6, 6.07) is 44.1. The van der Waals surface area contributed by atoms with E-state index >= 15 is 0 Å². The minimum atomic E-state index is 0.948. The lowest BCUT2D eigenvalue weighted by molar-refractivity contribution is 1.02. The first kappa shape index (κ1) is 24.9. The second kappa shape index (κ2) is 9.00. The Bertz CT molecular complexity index is 2660. The molecule has 0 saturated carbocycles. The van der Waals surface area contributed by atoms with E-state index in [9.17, 15) is 0 Å². The van der Waals surface area contributed by atoms with Crippen LogP contribution in [-0.4, -0.2) is 17.9 Å². The number of benzene rings is 7. The van der Waals surface area contributed by atoms with Gasteiger partial charge in [-0.05, 0) is 46.2 Å². The van der Waals surface area contributed by atoms with Crippen molar-refractivity contribution in [3.8, 4) is 22.3 Å². The Balaban J connectivity index is 1.33. The summed E-state index contributed by atoms with van der Waals surface area (Å²) in [5.41, 5.74) is 11.5. The van der Waals surface area contributed by atoms with Crippen LogP contribution in [0.15, 0.2) is 121 Å². The van der Waals surface area contributed by atoms with Gasteiger partial charge in [-0.15, -0.1) is 0 Å². The van der Waals surface area contributed by atoms with Gasteiger partial charge in [0.1, 0.15) is 11.0 Å². The van der Waals surface area contributed by atoms with Crippen LogP contribution in [0.3, 0.4) is 0 Å². The number of para-hydroxylation sites is 2. The first-order chi connectivity index (χ1) is 22.2. The average Bonchev–Trinajstić information content (AvgIpc) is 3.78. The largest absolute Gasteiger partial charge is 0.343 e. The Kier molecular flexibility index (Phi) is 4.98. The van der Waals surface area contributed by atoms with Crippen molar-refractivity contribution in [2.75, 3.05) is 0 Å². The van der Waals surface area contributed by atoms with Crippen molar-refractivity contribution < 1.29 is 0 Å². The number of hydrogen-bond donors (Lipinski definition) is 0. The number of aromatic nitrogens is 4. The fraction of sp³-hybridized carbons (Fsp3) is 0.0500. The van der Waals surface area contributed by atoms with Crippen LogP contribution in [0, 0.1) is 0 Å². The highest BCUT2D eigenvalue weighted by Gasteiger charge is 2.23. The van der Waals surface area contributed by atoms with Crippen molar-refractivity contribution in [3.05, 3.63) is 121 Å². The van der Waals surface area contributed by atoms with Gasteiger partial charge in [0.2, 0.25) is 0 Å². The highest BCUT2D eigenvalue weighted by Crippen LogP contribution is 2.46. The summed E-state index contributed by atoms with van der Waals surface area (Å²) in [6.45, 7) is 0. The zero-order chi connectivity index (χ0) is 29.8. The van der Waals surface area contributed by atoms with E-state index in [0.29, 0.717) is 0 Å². The molecular weight excluding hydrogens is 569 g/mol. The monoisotopic (exact) mass is 594 g/mol. The third-order valence-corrected chi connectivity index (χ3v) is 10.3. The first-order valence-corrected chi connectivity index (χ1v) is 16.0. The highest BCUT2D eigenvalue weighted by atomic mass is 32.1. The van der Waals surface area contributed by atoms with E-state index in [4.69, 9.17) is 8.75 Å². The third kappa shape index (κ3) is 3.25. The fourth-order valence-electron chi connectivity index (χ4n) is 7.82. The van der Waals surface area contributed by atoms with Crippen molar-refractivity contribution in [1.29, 1.82) is 0 Å². The minimum Gasteiger partial charge on any atom is -0.343 e. The van der Waals surface area contributed by atoms with Crippen LogP contribution < -0.4 is 0 Å². The van der Waals surface area contributed by atoms with Gasteiger partial charge in [0, 0.05) is 68.6 Å². The summed E-state index contributed by atoms with van der Waals surface area (Å²) in [5, 5.41) is 9.98. The maximum absolute atomic E-state index is 4.98. The molecule has 0 aliphatic heterocycles. The Labute approximate surface area is 262 Å². The zero-order valence-corrected chi connectivity index (χ0v) is 25.6. The van der Waals surface area contributed by atoms with Crippen molar-refractivity contribution in [3.63, 3.8) is 0 Å². The quantitative estimate of drug-likeness (QED) is 0.200. The molecule has 0 spiro atoms. The van der Waals surface area contributed by atoms with Crippen molar-refractivity contribution >= 4 is 87.9 Å². The fourth-order valence-corrected chi connectivity index (χ4v) is 8.39. The van der Waals surface area contributed by atoms with Crippen LogP contribution in [0.5, 0.6) is 0 Å². The Morgan fingerprint density at radius 1 is 0.444 bits per heavy atom. The van der Waals surface area contributed by atoms with Gasteiger partial charge in [0.25, 0.3) is 0 Å². The van der Waals surface area contributed by atoms with Crippen molar-refractivity contribution in [2.45, 2.75) is 0 Å². The van der Waals surface area contributed by atoms with Crippen LogP contribution in [0.2, 0.25) is 0 Å². The lowest BCUT2D eigenvalue weighted by Gasteiger charge is -2.13. The molecule has 4 nitrogen and oxygen atoms in total. The molecule has 10 aromatic rings. The van der Waals surface area contributed by atoms with Gasteiger partial charge in [-0.25, -0.2) is 0 Å². The molecule has 212 valence electrons. The normalized spacial score (nSPS) is 12.2. The maximum atomic E-state index is 4.98. The van der Waals surface area contributed by atoms with E-state index in [1.807, 2.05) is 0 Å². The summed E-state index contributed by atoms with van der Waals surface area (Å²) in [4.78, 5) is 0. The number of hydrogen-bond acceptors (Lipinski definition) is 3. The predicted molar refractivity (Wildman–Crippen MR) is 191 cm³/mol. The van der Waals surface area contributed by atoms with Crippen LogP contribution in [-0.2, 0) is 14.1 Å². The van der Waals surface area contributed by atoms with Gasteiger partial charge in [-0.1, -0.05) is 97.1 Å². The van der Waals surface area contributed by atoms with E-state index in [1.165, 1.54) is 88.0 Å². The van der Waals surface area contributed by atoms with E-state index in [2.05, 4.69) is 145 Å². The molecular formula is C40H26N4S. The molecule has 0 saturated heterocycles. The first-order valence-electron chi connectivity index (χ1n) is 15.2. The van der Waals surface area contributed by atoms with Crippen LogP contribution in [0.4, 0.5) is 0 Å². The van der Waals surface area contributed by atoms with Crippen molar-refractivity contribution in [1.82, 2.24) is 17.9 Å². The van der Waals surface area contributed by atoms with E-state index < -0.39 is 0 Å². The van der Waals surface area contributed by atoms with Crippen LogP contribution in [0.25, 0.3) is 98.4 Å². The molecule has 10 rings (SSSR count).